The van der Waals surface area contributed by atoms with Crippen LogP contribution in [-0.2, 0) is 0 Å². The number of nitrogens with zero attached hydrogens (tertiary/aromatic N) is 1. The number of amides is 2. The van der Waals surface area contributed by atoms with Crippen molar-refractivity contribution in [3.63, 3.8) is 0 Å². The first kappa shape index (κ1) is 6.87. The molecule has 0 spiro atoms. The number of nitrogens with one attached hydrogen (secondary N) is 3. The molecule has 5 heteroatoms. The molecule has 0 aromatic carbocycles. The standard InChI is InChI=1S/C6H12N4O/c11-6-9-8-4-5-3-7-1-2-10(5)6/h5,7-8H,1-4H2,(H,9,11)/t5-/m1/s1. The second-order valence-corrected chi connectivity index (χ2v) is 2.86. The Morgan fingerprint density at radius 1 is 1.45 bits per heavy atom. The molecule has 5 nitrogen and oxygen atoms in total. The van der Waals surface area contributed by atoms with E-state index in [1.165, 1.54) is 0 Å². The maximum atomic E-state index is 11.2. The van der Waals surface area contributed by atoms with E-state index in [0.717, 1.165) is 26.2 Å². The van der Waals surface area contributed by atoms with Crippen molar-refractivity contribution in [3.05, 3.63) is 0 Å². The van der Waals surface area contributed by atoms with Crippen molar-refractivity contribution in [2.24, 2.45) is 0 Å². The van der Waals surface area contributed by atoms with Gasteiger partial charge in [-0.15, -0.1) is 0 Å². The highest BCUT2D eigenvalue weighted by molar-refractivity contribution is 5.74. The van der Waals surface area contributed by atoms with Crippen LogP contribution in [0.4, 0.5) is 4.79 Å². The monoisotopic (exact) mass is 156 g/mol. The Balaban J connectivity index is 2.05. The molecule has 2 amide bonds. The van der Waals surface area contributed by atoms with E-state index in [9.17, 15) is 4.79 Å². The third-order valence-electron chi connectivity index (χ3n) is 2.14. The van der Waals surface area contributed by atoms with Gasteiger partial charge in [-0.05, 0) is 0 Å². The fraction of sp³-hybridized carbons (Fsp3) is 0.833. The zero-order valence-electron chi connectivity index (χ0n) is 6.26. The smallest absolute Gasteiger partial charge is 0.317 e. The minimum atomic E-state index is 0.00255. The van der Waals surface area contributed by atoms with Gasteiger partial charge in [0.1, 0.15) is 0 Å². The van der Waals surface area contributed by atoms with E-state index in [1.54, 1.807) is 0 Å². The lowest BCUT2D eigenvalue weighted by Crippen LogP contribution is -2.66. The van der Waals surface area contributed by atoms with Gasteiger partial charge in [-0.2, -0.15) is 0 Å². The molecule has 62 valence electrons. The van der Waals surface area contributed by atoms with E-state index in [2.05, 4.69) is 16.2 Å². The molecular weight excluding hydrogens is 144 g/mol. The molecule has 2 rings (SSSR count). The molecule has 0 aromatic rings. The van der Waals surface area contributed by atoms with Crippen LogP contribution < -0.4 is 16.2 Å². The van der Waals surface area contributed by atoms with Crippen LogP contribution >= 0.6 is 0 Å². The largest absolute Gasteiger partial charge is 0.332 e. The third-order valence-corrected chi connectivity index (χ3v) is 2.14. The second-order valence-electron chi connectivity index (χ2n) is 2.86. The summed E-state index contributed by atoms with van der Waals surface area (Å²) in [4.78, 5) is 13.0. The average Bonchev–Trinajstić information content (AvgIpc) is 2.06. The summed E-state index contributed by atoms with van der Waals surface area (Å²) in [5, 5.41) is 3.24. The highest BCUT2D eigenvalue weighted by Gasteiger charge is 2.29. The van der Waals surface area contributed by atoms with Crippen LogP contribution in [0.2, 0.25) is 0 Å². The predicted molar refractivity (Wildman–Crippen MR) is 39.9 cm³/mol. The minimum absolute atomic E-state index is 0.00255. The molecule has 2 heterocycles. The first-order valence-corrected chi connectivity index (χ1v) is 3.88. The van der Waals surface area contributed by atoms with Crippen molar-refractivity contribution in [3.8, 4) is 0 Å². The molecule has 2 saturated heterocycles. The molecule has 2 fully saturated rings. The molecule has 2 aliphatic rings. The van der Waals surface area contributed by atoms with Crippen molar-refractivity contribution in [2.75, 3.05) is 26.2 Å². The number of fused-ring (bicyclic) bond motifs is 1. The summed E-state index contributed by atoms with van der Waals surface area (Å²) in [5.74, 6) is 0. The van der Waals surface area contributed by atoms with Gasteiger partial charge in [0.05, 0.1) is 6.04 Å². The van der Waals surface area contributed by atoms with Gasteiger partial charge in [-0.3, -0.25) is 5.43 Å². The molecule has 11 heavy (non-hydrogen) atoms. The lowest BCUT2D eigenvalue weighted by molar-refractivity contribution is 0.131. The van der Waals surface area contributed by atoms with Crippen molar-refractivity contribution < 1.29 is 4.79 Å². The van der Waals surface area contributed by atoms with Crippen LogP contribution in [0, 0.1) is 0 Å². The lowest BCUT2D eigenvalue weighted by atomic mass is 10.2. The highest BCUT2D eigenvalue weighted by Crippen LogP contribution is 2.04. The number of piperazine rings is 1. The molecule has 2 aliphatic heterocycles. The van der Waals surface area contributed by atoms with E-state index in [4.69, 9.17) is 0 Å². The summed E-state index contributed by atoms with van der Waals surface area (Å²) in [6, 6.07) is 0.334. The quantitative estimate of drug-likeness (QED) is 0.399. The van der Waals surface area contributed by atoms with Crippen LogP contribution in [0.5, 0.6) is 0 Å². The Morgan fingerprint density at radius 2 is 2.36 bits per heavy atom. The Kier molecular flexibility index (Phi) is 1.67. The fourth-order valence-electron chi connectivity index (χ4n) is 1.53. The molecule has 1 atom stereocenters. The molecule has 0 unspecified atom stereocenters. The zero-order valence-corrected chi connectivity index (χ0v) is 6.26. The lowest BCUT2D eigenvalue weighted by Gasteiger charge is -2.39. The minimum Gasteiger partial charge on any atom is -0.317 e. The molecule has 0 bridgehead atoms. The SMILES string of the molecule is O=C1NNC[C@H]2CNCCN12. The predicted octanol–water partition coefficient (Wildman–Crippen LogP) is -1.51. The van der Waals surface area contributed by atoms with Crippen molar-refractivity contribution in [1.29, 1.82) is 0 Å². The maximum Gasteiger partial charge on any atom is 0.332 e. The number of urea groups is 1. The number of carbonyl (C=O) groups is 1. The molecule has 0 radical (unpaired) electrons. The van der Waals surface area contributed by atoms with E-state index >= 15 is 0 Å². The van der Waals surface area contributed by atoms with E-state index in [-0.39, 0.29) is 6.03 Å². The molecule has 0 aromatic heterocycles. The van der Waals surface area contributed by atoms with Crippen LogP contribution in [0.3, 0.4) is 0 Å². The molecule has 0 aliphatic carbocycles. The first-order valence-electron chi connectivity index (χ1n) is 3.88. The van der Waals surface area contributed by atoms with Gasteiger partial charge < -0.3 is 10.2 Å². The summed E-state index contributed by atoms with van der Waals surface area (Å²) in [6.07, 6.45) is 0. The first-order chi connectivity index (χ1) is 5.38. The Labute approximate surface area is 65.1 Å². The summed E-state index contributed by atoms with van der Waals surface area (Å²) in [7, 11) is 0. The van der Waals surface area contributed by atoms with Crippen molar-refractivity contribution in [2.45, 2.75) is 6.04 Å². The zero-order chi connectivity index (χ0) is 7.68. The summed E-state index contributed by atoms with van der Waals surface area (Å²) >= 11 is 0. The molecular formula is C6H12N4O. The summed E-state index contributed by atoms with van der Waals surface area (Å²) in [5.41, 5.74) is 5.44. The van der Waals surface area contributed by atoms with Crippen molar-refractivity contribution in [1.82, 2.24) is 21.1 Å². The number of rotatable bonds is 0. The van der Waals surface area contributed by atoms with Crippen LogP contribution in [0.25, 0.3) is 0 Å². The highest BCUT2D eigenvalue weighted by atomic mass is 16.2. The van der Waals surface area contributed by atoms with E-state index in [0.29, 0.717) is 6.04 Å². The van der Waals surface area contributed by atoms with Crippen LogP contribution in [0.1, 0.15) is 0 Å². The Morgan fingerprint density at radius 3 is 3.18 bits per heavy atom. The van der Waals surface area contributed by atoms with Gasteiger partial charge in [0.25, 0.3) is 0 Å². The summed E-state index contributed by atoms with van der Waals surface area (Å²) < 4.78 is 0. The van der Waals surface area contributed by atoms with E-state index < -0.39 is 0 Å². The van der Waals surface area contributed by atoms with Crippen LogP contribution in [-0.4, -0.2) is 43.2 Å². The third kappa shape index (κ3) is 1.17. The number of hydrogen-bond donors (Lipinski definition) is 3. The average molecular weight is 156 g/mol. The number of hydrogen-bond acceptors (Lipinski definition) is 3. The normalized spacial score (nSPS) is 31.1. The molecule has 3 N–H and O–H groups in total. The van der Waals surface area contributed by atoms with Crippen molar-refractivity contribution >= 4 is 6.03 Å². The van der Waals surface area contributed by atoms with Gasteiger partial charge in [-0.25, -0.2) is 10.2 Å². The van der Waals surface area contributed by atoms with E-state index in [1.807, 2.05) is 4.90 Å². The van der Waals surface area contributed by atoms with Gasteiger partial charge >= 0.3 is 6.03 Å². The summed E-state index contributed by atoms with van der Waals surface area (Å²) in [6.45, 7) is 3.46. The fourth-order valence-corrected chi connectivity index (χ4v) is 1.53. The van der Waals surface area contributed by atoms with Gasteiger partial charge in [0, 0.05) is 26.2 Å². The maximum absolute atomic E-state index is 11.2. The van der Waals surface area contributed by atoms with Crippen LogP contribution in [0.15, 0.2) is 0 Å². The Bertz CT molecular complexity index is 170. The number of hydrazine groups is 1. The van der Waals surface area contributed by atoms with Gasteiger partial charge in [0.2, 0.25) is 0 Å². The topological polar surface area (TPSA) is 56.4 Å². The molecule has 0 saturated carbocycles. The second kappa shape index (κ2) is 2.67. The van der Waals surface area contributed by atoms with Gasteiger partial charge in [-0.1, -0.05) is 0 Å². The number of carbonyl (C=O) groups excluding carboxylic acids is 1. The Hall–Kier alpha value is -0.810. The van der Waals surface area contributed by atoms with Gasteiger partial charge in [0.15, 0.2) is 0 Å².